The highest BCUT2D eigenvalue weighted by molar-refractivity contribution is 6.36. The van der Waals surface area contributed by atoms with Crippen molar-refractivity contribution in [3.8, 4) is 0 Å². The van der Waals surface area contributed by atoms with Gasteiger partial charge in [0.1, 0.15) is 0 Å². The number of rotatable bonds is 2. The number of carbonyl (C=O) groups excluding carboxylic acids is 2. The third-order valence-corrected chi connectivity index (χ3v) is 1.88. The van der Waals surface area contributed by atoms with Crippen molar-refractivity contribution in [2.24, 2.45) is 5.73 Å². The van der Waals surface area contributed by atoms with Crippen LogP contribution < -0.4 is 11.1 Å². The van der Waals surface area contributed by atoms with Crippen LogP contribution in [0.1, 0.15) is 15.9 Å². The van der Waals surface area contributed by atoms with Crippen LogP contribution in [0, 0.1) is 6.92 Å². The van der Waals surface area contributed by atoms with Gasteiger partial charge >= 0.3 is 11.9 Å². The van der Waals surface area contributed by atoms with E-state index in [0.717, 1.165) is 5.56 Å². The van der Waals surface area contributed by atoms with E-state index in [9.17, 15) is 14.4 Å². The summed E-state index contributed by atoms with van der Waals surface area (Å²) in [5, 5.41) is 10.5. The first kappa shape index (κ1) is 11.7. The quantitative estimate of drug-likeness (QED) is 0.617. The van der Waals surface area contributed by atoms with Crippen LogP contribution >= 0.6 is 0 Å². The predicted molar refractivity (Wildman–Crippen MR) is 56.0 cm³/mol. The van der Waals surface area contributed by atoms with Crippen molar-refractivity contribution >= 4 is 23.5 Å². The molecular formula is C10H10N2O4. The summed E-state index contributed by atoms with van der Waals surface area (Å²) in [4.78, 5) is 32.3. The Hall–Kier alpha value is -2.37. The minimum Gasteiger partial charge on any atom is -0.474 e. The second-order valence-electron chi connectivity index (χ2n) is 3.17. The molecule has 4 N–H and O–H groups in total. The number of nitrogens with one attached hydrogen (secondary N) is 1. The molecule has 0 spiro atoms. The molecule has 1 aromatic rings. The Morgan fingerprint density at radius 1 is 1.31 bits per heavy atom. The molecule has 0 heterocycles. The fourth-order valence-electron chi connectivity index (χ4n) is 1.15. The Morgan fingerprint density at radius 3 is 2.44 bits per heavy atom. The zero-order valence-electron chi connectivity index (χ0n) is 8.48. The maximum atomic E-state index is 11.0. The standard InChI is InChI=1S/C10H10N2O4/c1-5-2-3-7(6(4-5)8(11)13)12-9(14)10(15)16/h2-4H,1H3,(H2,11,13)(H,12,14)(H,15,16). The van der Waals surface area contributed by atoms with Crippen molar-refractivity contribution in [1.29, 1.82) is 0 Å². The molecule has 0 fully saturated rings. The summed E-state index contributed by atoms with van der Waals surface area (Å²) in [7, 11) is 0. The van der Waals surface area contributed by atoms with Crippen LogP contribution in [0.25, 0.3) is 0 Å². The molecule has 1 aromatic carbocycles. The van der Waals surface area contributed by atoms with Crippen LogP contribution in [0.2, 0.25) is 0 Å². The molecular weight excluding hydrogens is 212 g/mol. The number of aliphatic carboxylic acids is 1. The SMILES string of the molecule is Cc1ccc(NC(=O)C(=O)O)c(C(N)=O)c1. The third-order valence-electron chi connectivity index (χ3n) is 1.88. The molecule has 2 amide bonds. The van der Waals surface area contributed by atoms with Crippen molar-refractivity contribution in [3.63, 3.8) is 0 Å². The molecule has 0 atom stereocenters. The smallest absolute Gasteiger partial charge is 0.394 e. The average Bonchev–Trinajstić information content (AvgIpc) is 2.20. The van der Waals surface area contributed by atoms with Crippen LogP contribution in [0.3, 0.4) is 0 Å². The topological polar surface area (TPSA) is 109 Å². The van der Waals surface area contributed by atoms with E-state index in [2.05, 4.69) is 5.32 Å². The average molecular weight is 222 g/mol. The van der Waals surface area contributed by atoms with Gasteiger partial charge in [-0.3, -0.25) is 9.59 Å². The number of benzene rings is 1. The first-order valence-electron chi connectivity index (χ1n) is 4.36. The number of aryl methyl sites for hydroxylation is 1. The van der Waals surface area contributed by atoms with E-state index in [1.54, 1.807) is 13.0 Å². The van der Waals surface area contributed by atoms with Gasteiger partial charge in [0.05, 0.1) is 11.3 Å². The number of hydrogen-bond acceptors (Lipinski definition) is 3. The molecule has 1 rings (SSSR count). The summed E-state index contributed by atoms with van der Waals surface area (Å²) < 4.78 is 0. The van der Waals surface area contributed by atoms with E-state index in [1.165, 1.54) is 12.1 Å². The summed E-state index contributed by atoms with van der Waals surface area (Å²) in [5.74, 6) is -3.58. The number of carboxylic acids is 1. The Balaban J connectivity index is 3.09. The summed E-state index contributed by atoms with van der Waals surface area (Å²) in [5.41, 5.74) is 6.04. The summed E-state index contributed by atoms with van der Waals surface area (Å²) in [6.45, 7) is 1.75. The molecule has 6 heteroatoms. The lowest BCUT2D eigenvalue weighted by molar-refractivity contribution is -0.147. The molecule has 0 aliphatic rings. The number of anilines is 1. The van der Waals surface area contributed by atoms with Gasteiger partial charge in [0, 0.05) is 0 Å². The zero-order valence-corrected chi connectivity index (χ0v) is 8.48. The maximum absolute atomic E-state index is 11.0. The maximum Gasteiger partial charge on any atom is 0.394 e. The predicted octanol–water partition coefficient (Wildman–Crippen LogP) is 0.117. The number of carbonyl (C=O) groups is 3. The Bertz CT molecular complexity index is 468. The monoisotopic (exact) mass is 222 g/mol. The molecule has 0 bridgehead atoms. The Kier molecular flexibility index (Phi) is 3.24. The molecule has 0 radical (unpaired) electrons. The van der Waals surface area contributed by atoms with E-state index < -0.39 is 17.8 Å². The van der Waals surface area contributed by atoms with Crippen molar-refractivity contribution in [2.45, 2.75) is 6.92 Å². The molecule has 0 aliphatic carbocycles. The van der Waals surface area contributed by atoms with Crippen LogP contribution in [-0.4, -0.2) is 22.9 Å². The number of hydrogen-bond donors (Lipinski definition) is 3. The zero-order chi connectivity index (χ0) is 12.3. The second-order valence-corrected chi connectivity index (χ2v) is 3.17. The molecule has 0 aliphatic heterocycles. The van der Waals surface area contributed by atoms with Gasteiger partial charge in [-0.25, -0.2) is 4.79 Å². The second kappa shape index (κ2) is 4.43. The van der Waals surface area contributed by atoms with Gasteiger partial charge < -0.3 is 16.2 Å². The van der Waals surface area contributed by atoms with E-state index in [0.29, 0.717) is 0 Å². The highest BCUT2D eigenvalue weighted by Crippen LogP contribution is 2.16. The van der Waals surface area contributed by atoms with Gasteiger partial charge in [0.2, 0.25) is 0 Å². The van der Waals surface area contributed by atoms with Gasteiger partial charge in [-0.05, 0) is 19.1 Å². The van der Waals surface area contributed by atoms with Gasteiger partial charge in [-0.1, -0.05) is 11.6 Å². The van der Waals surface area contributed by atoms with Gasteiger partial charge in [-0.2, -0.15) is 0 Å². The van der Waals surface area contributed by atoms with Crippen LogP contribution in [0.5, 0.6) is 0 Å². The molecule has 0 aromatic heterocycles. The minimum absolute atomic E-state index is 0.0783. The fraction of sp³-hybridized carbons (Fsp3) is 0.100. The fourth-order valence-corrected chi connectivity index (χ4v) is 1.15. The number of nitrogens with two attached hydrogens (primary N) is 1. The molecule has 0 saturated heterocycles. The normalized spacial score (nSPS) is 9.56. The van der Waals surface area contributed by atoms with Crippen molar-refractivity contribution in [1.82, 2.24) is 0 Å². The van der Waals surface area contributed by atoms with Crippen molar-refractivity contribution in [3.05, 3.63) is 29.3 Å². The number of carboxylic acid groups (broad SMARTS) is 1. The summed E-state index contributed by atoms with van der Waals surface area (Å²) in [6.07, 6.45) is 0. The summed E-state index contributed by atoms with van der Waals surface area (Å²) in [6, 6.07) is 4.53. The highest BCUT2D eigenvalue weighted by atomic mass is 16.4. The molecule has 16 heavy (non-hydrogen) atoms. The lowest BCUT2D eigenvalue weighted by Crippen LogP contribution is -2.24. The highest BCUT2D eigenvalue weighted by Gasteiger charge is 2.15. The molecule has 84 valence electrons. The van der Waals surface area contributed by atoms with E-state index >= 15 is 0 Å². The van der Waals surface area contributed by atoms with Gasteiger partial charge in [0.25, 0.3) is 5.91 Å². The first-order valence-corrected chi connectivity index (χ1v) is 4.36. The van der Waals surface area contributed by atoms with Crippen LogP contribution in [0.15, 0.2) is 18.2 Å². The van der Waals surface area contributed by atoms with Gasteiger partial charge in [0.15, 0.2) is 0 Å². The summed E-state index contributed by atoms with van der Waals surface area (Å²) >= 11 is 0. The number of amides is 2. The third kappa shape index (κ3) is 2.57. The van der Waals surface area contributed by atoms with Crippen molar-refractivity contribution in [2.75, 3.05) is 5.32 Å². The van der Waals surface area contributed by atoms with Crippen LogP contribution in [-0.2, 0) is 9.59 Å². The minimum atomic E-state index is -1.63. The van der Waals surface area contributed by atoms with E-state index in [-0.39, 0.29) is 11.3 Å². The molecule has 0 unspecified atom stereocenters. The van der Waals surface area contributed by atoms with Crippen molar-refractivity contribution < 1.29 is 19.5 Å². The lowest BCUT2D eigenvalue weighted by atomic mass is 10.1. The van der Waals surface area contributed by atoms with E-state index in [1.807, 2.05) is 0 Å². The van der Waals surface area contributed by atoms with Gasteiger partial charge in [-0.15, -0.1) is 0 Å². The first-order chi connectivity index (χ1) is 7.41. The van der Waals surface area contributed by atoms with E-state index in [4.69, 9.17) is 10.8 Å². The largest absolute Gasteiger partial charge is 0.474 e. The Morgan fingerprint density at radius 2 is 1.94 bits per heavy atom. The molecule has 0 saturated carbocycles. The number of primary amides is 1. The Labute approximate surface area is 91.1 Å². The molecule has 6 nitrogen and oxygen atoms in total. The lowest BCUT2D eigenvalue weighted by Gasteiger charge is -2.07. The van der Waals surface area contributed by atoms with Crippen LogP contribution in [0.4, 0.5) is 5.69 Å².